The Kier molecular flexibility index (Phi) is 6.02. The molecule has 0 bridgehead atoms. The molecule has 0 aliphatic carbocycles. The van der Waals surface area contributed by atoms with Crippen LogP contribution in [0.25, 0.3) is 5.00 Å². The third-order valence-electron chi connectivity index (χ3n) is 5.48. The molecule has 0 unspecified atom stereocenters. The van der Waals surface area contributed by atoms with Crippen molar-refractivity contribution < 1.29 is 14.3 Å². The maximum atomic E-state index is 12.5. The van der Waals surface area contributed by atoms with Gasteiger partial charge in [0.25, 0.3) is 0 Å². The van der Waals surface area contributed by atoms with Crippen LogP contribution in [-0.2, 0) is 14.3 Å². The normalized spacial score (nSPS) is 15.1. The summed E-state index contributed by atoms with van der Waals surface area (Å²) in [4.78, 5) is 18.8. The molecule has 1 aliphatic rings. The van der Waals surface area contributed by atoms with Gasteiger partial charge in [0.05, 0.1) is 18.7 Å². The van der Waals surface area contributed by atoms with E-state index in [9.17, 15) is 4.79 Å². The quantitative estimate of drug-likeness (QED) is 0.429. The zero-order valence-corrected chi connectivity index (χ0v) is 19.2. The Hall–Kier alpha value is -2.84. The average molecular weight is 439 g/mol. The molecular formula is C23H26N4O3S. The molecule has 4 rings (SSSR count). The molecule has 0 radical (unpaired) electrons. The fraction of sp³-hybridized carbons (Fsp3) is 0.391. The smallest absolute Gasteiger partial charge is 0.308 e. The van der Waals surface area contributed by atoms with E-state index in [4.69, 9.17) is 14.5 Å². The Morgan fingerprint density at radius 2 is 1.84 bits per heavy atom. The number of hydrogen-bond acceptors (Lipinski definition) is 7. The van der Waals surface area contributed by atoms with Gasteiger partial charge in [-0.3, -0.25) is 14.4 Å². The number of rotatable bonds is 6. The molecular weight excluding hydrogens is 412 g/mol. The molecule has 1 aromatic carbocycles. The number of fused-ring (bicyclic) bond motifs is 3. The lowest BCUT2D eigenvalue weighted by Crippen LogP contribution is -2.15. The van der Waals surface area contributed by atoms with Crippen molar-refractivity contribution in [1.82, 2.24) is 14.8 Å². The molecule has 3 aromatic rings. The van der Waals surface area contributed by atoms with Crippen LogP contribution in [0.5, 0.6) is 0 Å². The number of methoxy groups -OCH3 is 1. The Morgan fingerprint density at radius 1 is 1.10 bits per heavy atom. The first-order chi connectivity index (χ1) is 14.9. The van der Waals surface area contributed by atoms with Crippen LogP contribution in [0.15, 0.2) is 29.3 Å². The highest BCUT2D eigenvalue weighted by atomic mass is 32.1. The Labute approximate surface area is 185 Å². The van der Waals surface area contributed by atoms with Gasteiger partial charge in [0, 0.05) is 23.1 Å². The number of benzene rings is 1. The lowest BCUT2D eigenvalue weighted by Gasteiger charge is -2.12. The van der Waals surface area contributed by atoms with Gasteiger partial charge >= 0.3 is 5.97 Å². The topological polar surface area (TPSA) is 78.6 Å². The second-order valence-corrected chi connectivity index (χ2v) is 8.88. The fourth-order valence-corrected chi connectivity index (χ4v) is 4.91. The van der Waals surface area contributed by atoms with Crippen LogP contribution >= 0.6 is 11.3 Å². The van der Waals surface area contributed by atoms with Crippen molar-refractivity contribution in [3.63, 3.8) is 0 Å². The molecule has 2 aromatic heterocycles. The summed E-state index contributed by atoms with van der Waals surface area (Å²) in [6.07, 6.45) is 0.0875. The van der Waals surface area contributed by atoms with Crippen LogP contribution in [0.1, 0.15) is 51.2 Å². The Balaban J connectivity index is 1.85. The third kappa shape index (κ3) is 4.05. The van der Waals surface area contributed by atoms with E-state index in [1.807, 2.05) is 11.5 Å². The van der Waals surface area contributed by atoms with Crippen LogP contribution in [0.3, 0.4) is 0 Å². The molecule has 0 spiro atoms. The lowest BCUT2D eigenvalue weighted by atomic mass is 9.99. The number of nitrogens with zero attached hydrogens (tertiary/aromatic N) is 4. The van der Waals surface area contributed by atoms with E-state index < -0.39 is 6.04 Å². The SMILES string of the molecule is COCCOC(=O)C[C@@H]1N=C(c2ccc(C)cc2)c2c(sc(C)c2C)-n2c(C)nnc21. The number of aromatic nitrogens is 3. The van der Waals surface area contributed by atoms with E-state index in [-0.39, 0.29) is 19.0 Å². The van der Waals surface area contributed by atoms with E-state index in [0.29, 0.717) is 12.4 Å². The Bertz CT molecular complexity index is 1140. The van der Waals surface area contributed by atoms with Gasteiger partial charge in [-0.15, -0.1) is 21.5 Å². The van der Waals surface area contributed by atoms with Crippen molar-refractivity contribution in [2.45, 2.75) is 40.2 Å². The summed E-state index contributed by atoms with van der Waals surface area (Å²) in [5, 5.41) is 9.75. The molecule has 7 nitrogen and oxygen atoms in total. The summed E-state index contributed by atoms with van der Waals surface area (Å²) < 4.78 is 12.3. The highest BCUT2D eigenvalue weighted by Crippen LogP contribution is 2.39. The molecule has 8 heteroatoms. The second-order valence-electron chi connectivity index (χ2n) is 7.68. The van der Waals surface area contributed by atoms with Gasteiger partial charge < -0.3 is 9.47 Å². The van der Waals surface area contributed by atoms with Crippen LogP contribution in [0.2, 0.25) is 0 Å². The van der Waals surface area contributed by atoms with Gasteiger partial charge in [-0.25, -0.2) is 0 Å². The molecule has 0 amide bonds. The van der Waals surface area contributed by atoms with E-state index >= 15 is 0 Å². The summed E-state index contributed by atoms with van der Waals surface area (Å²) in [6.45, 7) is 8.80. The van der Waals surface area contributed by atoms with Crippen molar-refractivity contribution >= 4 is 23.0 Å². The average Bonchev–Trinajstić information content (AvgIpc) is 3.21. The number of hydrogen-bond donors (Lipinski definition) is 0. The highest BCUT2D eigenvalue weighted by molar-refractivity contribution is 7.15. The first kappa shape index (κ1) is 21.4. The highest BCUT2D eigenvalue weighted by Gasteiger charge is 2.32. The predicted molar refractivity (Wildman–Crippen MR) is 120 cm³/mol. The number of carbonyl (C=O) groups excluding carboxylic acids is 1. The monoisotopic (exact) mass is 438 g/mol. The molecule has 1 aliphatic heterocycles. The number of aliphatic imine (C=N–C) groups is 1. The minimum Gasteiger partial charge on any atom is -0.463 e. The summed E-state index contributed by atoms with van der Waals surface area (Å²) >= 11 is 1.70. The standard InChI is InChI=1S/C23H26N4O3S/c1-13-6-8-17(9-7-13)21-20-14(2)15(3)31-23(20)27-16(4)25-26-22(27)18(24-21)12-19(28)30-11-10-29-5/h6-9,18H,10-12H2,1-5H3/t18-/m0/s1. The number of ether oxygens (including phenoxy) is 2. The molecule has 0 N–H and O–H groups in total. The molecule has 31 heavy (non-hydrogen) atoms. The Morgan fingerprint density at radius 3 is 2.55 bits per heavy atom. The van der Waals surface area contributed by atoms with Crippen LogP contribution in [0.4, 0.5) is 0 Å². The van der Waals surface area contributed by atoms with E-state index in [1.54, 1.807) is 18.4 Å². The number of carbonyl (C=O) groups is 1. The first-order valence-corrected chi connectivity index (χ1v) is 11.0. The van der Waals surface area contributed by atoms with Crippen LogP contribution in [-0.4, -0.2) is 46.8 Å². The zero-order valence-electron chi connectivity index (χ0n) is 18.4. The second kappa shape index (κ2) is 8.72. The minimum absolute atomic E-state index is 0.0875. The minimum atomic E-state index is -0.494. The van der Waals surface area contributed by atoms with Gasteiger partial charge in [-0.1, -0.05) is 29.8 Å². The molecule has 0 saturated carbocycles. The molecule has 0 saturated heterocycles. The lowest BCUT2D eigenvalue weighted by molar-refractivity contribution is -0.145. The fourth-order valence-electron chi connectivity index (χ4n) is 3.69. The van der Waals surface area contributed by atoms with Crippen molar-refractivity contribution in [3.05, 3.63) is 63.0 Å². The number of thiophene rings is 1. The van der Waals surface area contributed by atoms with E-state index in [1.165, 1.54) is 16.0 Å². The zero-order chi connectivity index (χ0) is 22.1. The molecule has 162 valence electrons. The molecule has 3 heterocycles. The third-order valence-corrected chi connectivity index (χ3v) is 6.67. The summed E-state index contributed by atoms with van der Waals surface area (Å²) in [6, 6.07) is 7.83. The number of esters is 1. The van der Waals surface area contributed by atoms with Crippen LogP contribution in [0, 0.1) is 27.7 Å². The maximum Gasteiger partial charge on any atom is 0.308 e. The summed E-state index contributed by atoms with van der Waals surface area (Å²) in [7, 11) is 1.57. The van der Waals surface area contributed by atoms with Gasteiger partial charge in [-0.2, -0.15) is 0 Å². The van der Waals surface area contributed by atoms with Gasteiger partial charge in [0.1, 0.15) is 23.5 Å². The van der Waals surface area contributed by atoms with Gasteiger partial charge in [0.2, 0.25) is 0 Å². The van der Waals surface area contributed by atoms with Crippen molar-refractivity contribution in [2.24, 2.45) is 4.99 Å². The van der Waals surface area contributed by atoms with Crippen molar-refractivity contribution in [1.29, 1.82) is 0 Å². The van der Waals surface area contributed by atoms with Gasteiger partial charge in [-0.05, 0) is 33.3 Å². The summed E-state index contributed by atoms with van der Waals surface area (Å²) in [5.41, 5.74) is 5.33. The van der Waals surface area contributed by atoms with E-state index in [2.05, 4.69) is 55.2 Å². The van der Waals surface area contributed by atoms with Crippen molar-refractivity contribution in [3.8, 4) is 5.00 Å². The predicted octanol–water partition coefficient (Wildman–Crippen LogP) is 4.03. The van der Waals surface area contributed by atoms with Crippen molar-refractivity contribution in [2.75, 3.05) is 20.3 Å². The molecule has 1 atom stereocenters. The summed E-state index contributed by atoms with van der Waals surface area (Å²) in [5.74, 6) is 1.10. The van der Waals surface area contributed by atoms with Gasteiger partial charge in [0.15, 0.2) is 5.82 Å². The van der Waals surface area contributed by atoms with Crippen LogP contribution < -0.4 is 0 Å². The first-order valence-electron chi connectivity index (χ1n) is 10.2. The maximum absolute atomic E-state index is 12.5. The van der Waals surface area contributed by atoms with E-state index in [0.717, 1.165) is 27.7 Å². The molecule has 0 fully saturated rings. The number of aryl methyl sites for hydroxylation is 3. The largest absolute Gasteiger partial charge is 0.463 e.